The van der Waals surface area contributed by atoms with Gasteiger partial charge in [0.25, 0.3) is 0 Å². The van der Waals surface area contributed by atoms with Crippen molar-refractivity contribution in [1.29, 1.82) is 0 Å². The highest BCUT2D eigenvalue weighted by atomic mass is 19.4. The molecule has 2 amide bonds. The Morgan fingerprint density at radius 3 is 2.48 bits per heavy atom. The van der Waals surface area contributed by atoms with Crippen LogP contribution >= 0.6 is 0 Å². The Hall–Kier alpha value is -3.04. The smallest absolute Gasteiger partial charge is 0.355 e. The number of halogens is 6. The summed E-state index contributed by atoms with van der Waals surface area (Å²) in [5, 5.41) is 4.45. The molecule has 1 heterocycles. The van der Waals surface area contributed by atoms with Crippen molar-refractivity contribution in [2.24, 2.45) is 5.92 Å². The summed E-state index contributed by atoms with van der Waals surface area (Å²) in [6.07, 6.45) is -4.45. The maximum absolute atomic E-state index is 13.8. The number of anilines is 1. The van der Waals surface area contributed by atoms with Crippen LogP contribution in [0.2, 0.25) is 0 Å². The quantitative estimate of drug-likeness (QED) is 0.452. The third-order valence-electron chi connectivity index (χ3n) is 4.66. The fourth-order valence-electron chi connectivity index (χ4n) is 3.25. The van der Waals surface area contributed by atoms with Gasteiger partial charge in [-0.25, -0.2) is 13.2 Å². The van der Waals surface area contributed by atoms with Crippen LogP contribution in [-0.2, 0) is 15.8 Å². The molecule has 0 unspecified atom stereocenters. The number of hydrogen-bond acceptors (Lipinski definition) is 2. The lowest BCUT2D eigenvalue weighted by atomic mass is 9.79. The summed E-state index contributed by atoms with van der Waals surface area (Å²) in [4.78, 5) is 24.9. The molecule has 2 aromatic carbocycles. The van der Waals surface area contributed by atoms with Crippen LogP contribution in [0, 0.1) is 23.4 Å². The zero-order chi connectivity index (χ0) is 21.3. The Bertz CT molecular complexity index is 960. The van der Waals surface area contributed by atoms with Crippen molar-refractivity contribution in [1.82, 2.24) is 5.32 Å². The van der Waals surface area contributed by atoms with Gasteiger partial charge in [0.2, 0.25) is 11.8 Å². The standard InChI is InChI=1S/C19H14F6N2O2/c20-12-4-5-13(16(22)15(12)21)27-18(29)14-11(6-7-26-17(14)28)9-2-1-3-10(8-9)19(23,24)25/h1-5,8,11,14H,6-7H2,(H,26,28)(H,27,29)/t11-,14-/m1/s1. The van der Waals surface area contributed by atoms with Gasteiger partial charge in [0, 0.05) is 12.5 Å². The average Bonchev–Trinajstić information content (AvgIpc) is 2.67. The highest BCUT2D eigenvalue weighted by Gasteiger charge is 2.40. The van der Waals surface area contributed by atoms with Crippen LogP contribution in [0.4, 0.5) is 32.0 Å². The largest absolute Gasteiger partial charge is 0.416 e. The number of amides is 2. The zero-order valence-corrected chi connectivity index (χ0v) is 14.6. The molecule has 0 saturated carbocycles. The predicted molar refractivity (Wildman–Crippen MR) is 90.2 cm³/mol. The molecule has 29 heavy (non-hydrogen) atoms. The summed E-state index contributed by atoms with van der Waals surface area (Å²) in [7, 11) is 0. The van der Waals surface area contributed by atoms with Crippen LogP contribution in [0.3, 0.4) is 0 Å². The SMILES string of the molecule is O=C1NCC[C@H](c2cccc(C(F)(F)F)c2)[C@H]1C(=O)Nc1ccc(F)c(F)c1F. The fourth-order valence-corrected chi connectivity index (χ4v) is 3.25. The molecule has 1 saturated heterocycles. The van der Waals surface area contributed by atoms with E-state index in [0.717, 1.165) is 24.3 Å². The van der Waals surface area contributed by atoms with E-state index in [0.29, 0.717) is 6.07 Å². The number of carbonyl (C=O) groups is 2. The van der Waals surface area contributed by atoms with Gasteiger partial charge < -0.3 is 10.6 Å². The molecule has 2 atom stereocenters. The number of benzene rings is 2. The van der Waals surface area contributed by atoms with Crippen molar-refractivity contribution in [2.75, 3.05) is 11.9 Å². The van der Waals surface area contributed by atoms with Gasteiger partial charge in [-0.2, -0.15) is 13.2 Å². The van der Waals surface area contributed by atoms with E-state index in [2.05, 4.69) is 5.32 Å². The van der Waals surface area contributed by atoms with E-state index in [-0.39, 0.29) is 18.5 Å². The molecule has 0 aromatic heterocycles. The van der Waals surface area contributed by atoms with Crippen LogP contribution in [0.1, 0.15) is 23.5 Å². The van der Waals surface area contributed by atoms with Gasteiger partial charge in [0.1, 0.15) is 5.92 Å². The molecule has 1 aliphatic heterocycles. The molecular weight excluding hydrogens is 402 g/mol. The second-order valence-electron chi connectivity index (χ2n) is 6.50. The molecule has 2 aromatic rings. The zero-order valence-electron chi connectivity index (χ0n) is 14.6. The van der Waals surface area contributed by atoms with Crippen LogP contribution < -0.4 is 10.6 Å². The maximum Gasteiger partial charge on any atom is 0.416 e. The van der Waals surface area contributed by atoms with Crippen LogP contribution in [0.5, 0.6) is 0 Å². The van der Waals surface area contributed by atoms with Crippen LogP contribution in [0.25, 0.3) is 0 Å². The second-order valence-corrected chi connectivity index (χ2v) is 6.50. The fraction of sp³-hybridized carbons (Fsp3) is 0.263. The van der Waals surface area contributed by atoms with Crippen molar-refractivity contribution >= 4 is 17.5 Å². The van der Waals surface area contributed by atoms with Crippen LogP contribution in [-0.4, -0.2) is 18.4 Å². The Morgan fingerprint density at radius 2 is 1.79 bits per heavy atom. The van der Waals surface area contributed by atoms with Crippen LogP contribution in [0.15, 0.2) is 36.4 Å². The molecular formula is C19H14F6N2O2. The van der Waals surface area contributed by atoms with Crippen molar-refractivity contribution in [3.63, 3.8) is 0 Å². The minimum atomic E-state index is -4.61. The van der Waals surface area contributed by atoms with Crippen molar-refractivity contribution in [3.8, 4) is 0 Å². The lowest BCUT2D eigenvalue weighted by Crippen LogP contribution is -2.46. The molecule has 1 aliphatic rings. The van der Waals surface area contributed by atoms with Gasteiger partial charge in [-0.15, -0.1) is 0 Å². The number of piperidine rings is 1. The van der Waals surface area contributed by atoms with E-state index in [1.54, 1.807) is 0 Å². The Kier molecular flexibility index (Phi) is 5.54. The molecule has 0 spiro atoms. The maximum atomic E-state index is 13.8. The molecule has 4 nitrogen and oxygen atoms in total. The lowest BCUT2D eigenvalue weighted by Gasteiger charge is -2.31. The molecule has 1 fully saturated rings. The Labute approximate surface area is 160 Å². The molecule has 3 rings (SSSR count). The Morgan fingerprint density at radius 1 is 1.07 bits per heavy atom. The predicted octanol–water partition coefficient (Wildman–Crippen LogP) is 3.98. The summed E-state index contributed by atoms with van der Waals surface area (Å²) in [5.74, 6) is -9.12. The first-order chi connectivity index (χ1) is 13.6. The van der Waals surface area contributed by atoms with E-state index < -0.39 is 58.5 Å². The molecule has 0 radical (unpaired) electrons. The van der Waals surface area contributed by atoms with Crippen molar-refractivity contribution < 1.29 is 35.9 Å². The highest BCUT2D eigenvalue weighted by Crippen LogP contribution is 2.36. The molecule has 0 aliphatic carbocycles. The Balaban J connectivity index is 1.92. The summed E-state index contributed by atoms with van der Waals surface area (Å²) in [5.41, 5.74) is -1.51. The van der Waals surface area contributed by atoms with Crippen molar-refractivity contribution in [3.05, 3.63) is 65.0 Å². The molecule has 0 bridgehead atoms. The van der Waals surface area contributed by atoms with Gasteiger partial charge in [-0.3, -0.25) is 9.59 Å². The van der Waals surface area contributed by atoms with Gasteiger partial charge >= 0.3 is 6.18 Å². The first-order valence-corrected chi connectivity index (χ1v) is 8.49. The topological polar surface area (TPSA) is 58.2 Å². The minimum absolute atomic E-state index is 0.112. The van der Waals surface area contributed by atoms with E-state index >= 15 is 0 Å². The first kappa shape index (κ1) is 20.7. The van der Waals surface area contributed by atoms with Gasteiger partial charge in [-0.05, 0) is 30.2 Å². The van der Waals surface area contributed by atoms with E-state index in [1.807, 2.05) is 5.32 Å². The number of alkyl halides is 3. The van der Waals surface area contributed by atoms with Gasteiger partial charge in [0.15, 0.2) is 17.5 Å². The third-order valence-corrected chi connectivity index (χ3v) is 4.66. The average molecular weight is 416 g/mol. The van der Waals surface area contributed by atoms with Gasteiger partial charge in [0.05, 0.1) is 11.3 Å². The number of carbonyl (C=O) groups excluding carboxylic acids is 2. The summed E-state index contributed by atoms with van der Waals surface area (Å²) in [6.45, 7) is 0.128. The lowest BCUT2D eigenvalue weighted by molar-refractivity contribution is -0.137. The summed E-state index contributed by atoms with van der Waals surface area (Å²) in [6, 6.07) is 5.61. The molecule has 154 valence electrons. The molecule has 10 heteroatoms. The summed E-state index contributed by atoms with van der Waals surface area (Å²) < 4.78 is 79.3. The van der Waals surface area contributed by atoms with E-state index in [4.69, 9.17) is 0 Å². The normalized spacial score (nSPS) is 19.6. The van der Waals surface area contributed by atoms with E-state index in [1.165, 1.54) is 6.07 Å². The molecule has 2 N–H and O–H groups in total. The highest BCUT2D eigenvalue weighted by molar-refractivity contribution is 6.07. The van der Waals surface area contributed by atoms with Gasteiger partial charge in [-0.1, -0.05) is 18.2 Å². The van der Waals surface area contributed by atoms with Crippen molar-refractivity contribution in [2.45, 2.75) is 18.5 Å². The van der Waals surface area contributed by atoms with E-state index in [9.17, 15) is 35.9 Å². The first-order valence-electron chi connectivity index (χ1n) is 8.49. The number of nitrogens with one attached hydrogen (secondary N) is 2. The minimum Gasteiger partial charge on any atom is -0.355 e. The second kappa shape index (κ2) is 7.76. The monoisotopic (exact) mass is 416 g/mol. The number of hydrogen-bond donors (Lipinski definition) is 2. The third kappa shape index (κ3) is 4.20. The number of rotatable bonds is 3. The summed E-state index contributed by atoms with van der Waals surface area (Å²) >= 11 is 0.